The second-order valence-electron chi connectivity index (χ2n) is 0.610. The summed E-state index contributed by atoms with van der Waals surface area (Å²) in [6, 6.07) is 0. The summed E-state index contributed by atoms with van der Waals surface area (Å²) in [5.74, 6) is -3.65. The van der Waals surface area contributed by atoms with Crippen LogP contribution in [0.2, 0.25) is 0 Å². The summed E-state index contributed by atoms with van der Waals surface area (Å²) in [4.78, 5) is 18.2. The van der Waals surface area contributed by atoms with E-state index in [2.05, 4.69) is 0 Å². The second-order valence-corrected chi connectivity index (χ2v) is 0.610. The molecule has 42 valence electrons. The van der Waals surface area contributed by atoms with Gasteiger partial charge < -0.3 is 13.1 Å². The summed E-state index contributed by atoms with van der Waals surface area (Å²) in [7, 11) is 0. The van der Waals surface area contributed by atoms with E-state index in [1.54, 1.807) is 0 Å². The molecule has 0 spiro atoms. The maximum Gasteiger partial charge on any atom is 2.00 e. The van der Waals surface area contributed by atoms with Crippen molar-refractivity contribution in [2.75, 3.05) is 0 Å². The molecule has 0 aromatic rings. The molecule has 0 rings (SSSR count). The predicted molar refractivity (Wildman–Crippen MR) is 23.2 cm³/mol. The molecule has 0 unspecified atom stereocenters. The van der Waals surface area contributed by atoms with Crippen molar-refractivity contribution < 1.29 is 44.4 Å². The molecule has 0 bridgehead atoms. The van der Waals surface area contributed by atoms with Crippen LogP contribution in [0.15, 0.2) is 0 Å². The Morgan fingerprint density at radius 2 is 1.25 bits per heavy atom. The van der Waals surface area contributed by atoms with Crippen LogP contribution in [0.25, 0.3) is 0 Å². The van der Waals surface area contributed by atoms with Crippen molar-refractivity contribution >= 4 is 57.4 Å². The van der Waals surface area contributed by atoms with Crippen molar-refractivity contribution in [2.24, 2.45) is 0 Å². The van der Waals surface area contributed by atoms with Gasteiger partial charge in [0.15, 0.2) is 0 Å². The first-order valence-electron chi connectivity index (χ1n) is 1.11. The standard InChI is InChI=1S/C2H2O4.Sr.Ti.2H/c3-1(4)2(5)6;;;;/h(H,3,4)(H,5,6);;;;/q;+2;;2*-1. The second kappa shape index (κ2) is 8.13. The Bertz CT molecular complexity index is 87.3. The molecule has 0 aliphatic carbocycles. The molecule has 0 aromatic carbocycles. The van der Waals surface area contributed by atoms with E-state index >= 15 is 0 Å². The van der Waals surface area contributed by atoms with Gasteiger partial charge in [-0.3, -0.25) is 0 Å². The van der Waals surface area contributed by atoms with E-state index in [1.165, 1.54) is 0 Å². The third-order valence-electron chi connectivity index (χ3n) is 0.183. The number of rotatable bonds is 0. The zero-order valence-corrected chi connectivity index (χ0v) is 8.96. The average molecular weight is 228 g/mol. The number of hydrogen-bond acceptors (Lipinski definition) is 2. The topological polar surface area (TPSA) is 74.6 Å². The van der Waals surface area contributed by atoms with Crippen LogP contribution >= 0.6 is 0 Å². The zero-order chi connectivity index (χ0) is 5.15. The van der Waals surface area contributed by atoms with Crippen molar-refractivity contribution in [2.45, 2.75) is 0 Å². The minimum absolute atomic E-state index is 0. The van der Waals surface area contributed by atoms with Gasteiger partial charge in [0, 0.05) is 21.7 Å². The molecule has 0 aliphatic rings. The largest absolute Gasteiger partial charge is 2.00 e. The third-order valence-corrected chi connectivity index (χ3v) is 0.183. The summed E-state index contributed by atoms with van der Waals surface area (Å²) >= 11 is 0. The van der Waals surface area contributed by atoms with Gasteiger partial charge in [-0.1, -0.05) is 0 Å². The summed E-state index contributed by atoms with van der Waals surface area (Å²) in [6.45, 7) is 0. The molecule has 0 saturated heterocycles. The first-order chi connectivity index (χ1) is 2.64. The van der Waals surface area contributed by atoms with Gasteiger partial charge in [-0.05, 0) is 0 Å². The van der Waals surface area contributed by atoms with E-state index in [0.717, 1.165) is 0 Å². The smallest absolute Gasteiger partial charge is 1.00 e. The molecule has 0 amide bonds. The Labute approximate surface area is 100 Å². The number of carboxylic acid groups (broad SMARTS) is 2. The van der Waals surface area contributed by atoms with Gasteiger partial charge in [0.2, 0.25) is 0 Å². The van der Waals surface area contributed by atoms with E-state index in [1.807, 2.05) is 0 Å². The maximum absolute atomic E-state index is 9.10. The summed E-state index contributed by atoms with van der Waals surface area (Å²) < 4.78 is 0. The van der Waals surface area contributed by atoms with Crippen LogP contribution in [0.5, 0.6) is 0 Å². The Balaban J connectivity index is -0.0000000208. The normalized spacial score (nSPS) is 5.50. The molecule has 0 radical (unpaired) electrons. The van der Waals surface area contributed by atoms with Crippen molar-refractivity contribution in [1.29, 1.82) is 0 Å². The van der Waals surface area contributed by atoms with Gasteiger partial charge >= 0.3 is 57.4 Å². The Hall–Kier alpha value is 1.13. The van der Waals surface area contributed by atoms with Gasteiger partial charge in [0.05, 0.1) is 0 Å². The fourth-order valence-corrected chi connectivity index (χ4v) is 0. The van der Waals surface area contributed by atoms with Crippen LogP contribution in [-0.2, 0) is 31.3 Å². The van der Waals surface area contributed by atoms with Crippen LogP contribution in [0.1, 0.15) is 2.85 Å². The molecular formula is C2H4O4SrTi. The van der Waals surface area contributed by atoms with Crippen LogP contribution in [0.4, 0.5) is 0 Å². The summed E-state index contributed by atoms with van der Waals surface area (Å²) in [5, 5.41) is 14.8. The summed E-state index contributed by atoms with van der Waals surface area (Å²) in [6.07, 6.45) is 0. The first-order valence-corrected chi connectivity index (χ1v) is 1.11. The molecule has 0 atom stereocenters. The SMILES string of the molecule is O=C(O)C(=O)O.[H-].[H-].[Sr+2].[Ti]. The molecular weight excluding hydrogens is 224 g/mol. The molecule has 8 heavy (non-hydrogen) atoms. The van der Waals surface area contributed by atoms with Crippen LogP contribution in [-0.4, -0.2) is 67.6 Å². The fraction of sp³-hybridized carbons (Fsp3) is 0. The predicted octanol–water partition coefficient (Wildman–Crippen LogP) is -1.00. The summed E-state index contributed by atoms with van der Waals surface area (Å²) in [5.41, 5.74) is 0. The monoisotopic (exact) mass is 228 g/mol. The average Bonchev–Trinajstić information content (AvgIpc) is 1.36. The Morgan fingerprint density at radius 3 is 1.25 bits per heavy atom. The molecule has 0 saturated carbocycles. The van der Waals surface area contributed by atoms with Crippen molar-refractivity contribution in [1.82, 2.24) is 0 Å². The zero-order valence-electron chi connectivity index (χ0n) is 5.92. The van der Waals surface area contributed by atoms with Crippen LogP contribution < -0.4 is 0 Å². The maximum atomic E-state index is 9.10. The van der Waals surface area contributed by atoms with Gasteiger partial charge in [-0.25, -0.2) is 9.59 Å². The fourth-order valence-electron chi connectivity index (χ4n) is 0. The minimum atomic E-state index is -1.82. The molecule has 2 N–H and O–H groups in total. The molecule has 0 aromatic heterocycles. The number of carboxylic acids is 2. The van der Waals surface area contributed by atoms with Gasteiger partial charge in [0.25, 0.3) is 0 Å². The van der Waals surface area contributed by atoms with E-state index in [9.17, 15) is 0 Å². The van der Waals surface area contributed by atoms with Crippen molar-refractivity contribution in [3.63, 3.8) is 0 Å². The first kappa shape index (κ1) is 16.1. The number of hydrogen-bond donors (Lipinski definition) is 2. The van der Waals surface area contributed by atoms with Crippen molar-refractivity contribution in [3.05, 3.63) is 0 Å². The van der Waals surface area contributed by atoms with E-state index < -0.39 is 11.9 Å². The van der Waals surface area contributed by atoms with Gasteiger partial charge in [0.1, 0.15) is 0 Å². The van der Waals surface area contributed by atoms with E-state index in [4.69, 9.17) is 19.8 Å². The molecule has 0 heterocycles. The molecule has 4 nitrogen and oxygen atoms in total. The molecule has 0 aliphatic heterocycles. The van der Waals surface area contributed by atoms with Crippen LogP contribution in [0, 0.1) is 0 Å². The number of carbonyl (C=O) groups is 2. The third kappa shape index (κ3) is 10.2. The van der Waals surface area contributed by atoms with E-state index in [-0.39, 0.29) is 70.1 Å². The van der Waals surface area contributed by atoms with Gasteiger partial charge in [-0.15, -0.1) is 0 Å². The van der Waals surface area contributed by atoms with Crippen LogP contribution in [0.3, 0.4) is 0 Å². The van der Waals surface area contributed by atoms with Crippen molar-refractivity contribution in [3.8, 4) is 0 Å². The Kier molecular flexibility index (Phi) is 16.3. The number of aliphatic carboxylic acids is 2. The van der Waals surface area contributed by atoms with Gasteiger partial charge in [-0.2, -0.15) is 0 Å². The quantitative estimate of drug-likeness (QED) is 0.411. The van der Waals surface area contributed by atoms with E-state index in [0.29, 0.717) is 0 Å². The minimum Gasteiger partial charge on any atom is -1.00 e. The molecule has 0 fully saturated rings. The Morgan fingerprint density at radius 1 is 1.12 bits per heavy atom. The molecule has 6 heteroatoms.